The molecule has 12 rings (SSSR count). The van der Waals surface area contributed by atoms with Crippen LogP contribution in [0.4, 0.5) is 17.1 Å². The van der Waals surface area contributed by atoms with Gasteiger partial charge >= 0.3 is 0 Å². The Bertz CT molecular complexity index is 3450. The molecular weight excluding hydrogens is 727 g/mol. The van der Waals surface area contributed by atoms with E-state index < -0.39 is 0 Å². The van der Waals surface area contributed by atoms with Crippen molar-refractivity contribution in [2.75, 3.05) is 4.90 Å². The minimum Gasteiger partial charge on any atom is -0.455 e. The molecule has 60 heavy (non-hydrogen) atoms. The van der Waals surface area contributed by atoms with E-state index >= 15 is 0 Å². The maximum absolute atomic E-state index is 7.11. The van der Waals surface area contributed by atoms with Gasteiger partial charge in [0.2, 0.25) is 0 Å². The van der Waals surface area contributed by atoms with Crippen molar-refractivity contribution in [3.8, 4) is 33.4 Å². The van der Waals surface area contributed by atoms with Crippen molar-refractivity contribution in [1.29, 1.82) is 0 Å². The van der Waals surface area contributed by atoms with Crippen molar-refractivity contribution in [1.82, 2.24) is 0 Å². The zero-order valence-corrected chi connectivity index (χ0v) is 32.7. The van der Waals surface area contributed by atoms with Crippen molar-refractivity contribution in [2.45, 2.75) is 0 Å². The molecular formula is C58H37NO. The monoisotopic (exact) mass is 763 g/mol. The molecule has 0 fully saturated rings. The summed E-state index contributed by atoms with van der Waals surface area (Å²) in [6.45, 7) is 0. The normalized spacial score (nSPS) is 11.7. The lowest BCUT2D eigenvalue weighted by Gasteiger charge is -2.26. The topological polar surface area (TPSA) is 16.4 Å². The van der Waals surface area contributed by atoms with Crippen LogP contribution in [0, 0.1) is 0 Å². The van der Waals surface area contributed by atoms with Gasteiger partial charge in [-0.25, -0.2) is 0 Å². The molecule has 0 saturated carbocycles. The molecule has 1 aromatic heterocycles. The summed E-state index contributed by atoms with van der Waals surface area (Å²) in [6, 6.07) is 81.0. The highest BCUT2D eigenvalue weighted by atomic mass is 16.3. The number of hydrogen-bond donors (Lipinski definition) is 0. The van der Waals surface area contributed by atoms with Crippen molar-refractivity contribution in [3.63, 3.8) is 0 Å². The van der Waals surface area contributed by atoms with Gasteiger partial charge in [-0.2, -0.15) is 0 Å². The van der Waals surface area contributed by atoms with Crippen LogP contribution in [0.25, 0.3) is 98.4 Å². The Morgan fingerprint density at radius 2 is 0.767 bits per heavy atom. The second-order valence-corrected chi connectivity index (χ2v) is 15.6. The predicted molar refractivity (Wildman–Crippen MR) is 255 cm³/mol. The summed E-state index contributed by atoms with van der Waals surface area (Å²) in [7, 11) is 0. The molecule has 2 heteroatoms. The second kappa shape index (κ2) is 13.9. The van der Waals surface area contributed by atoms with Gasteiger partial charge in [-0.3, -0.25) is 0 Å². The van der Waals surface area contributed by atoms with Gasteiger partial charge in [-0.05, 0) is 119 Å². The van der Waals surface area contributed by atoms with E-state index in [1.165, 1.54) is 65.3 Å². The maximum atomic E-state index is 7.11. The third-order valence-electron chi connectivity index (χ3n) is 12.2. The lowest BCUT2D eigenvalue weighted by molar-refractivity contribution is 0.670. The molecule has 0 aliphatic carbocycles. The van der Waals surface area contributed by atoms with E-state index in [1.54, 1.807) is 0 Å². The molecule has 0 saturated heterocycles. The van der Waals surface area contributed by atoms with Gasteiger partial charge in [0.05, 0.1) is 11.1 Å². The number of rotatable bonds is 6. The molecule has 1 heterocycles. The van der Waals surface area contributed by atoms with Crippen LogP contribution in [0.3, 0.4) is 0 Å². The number of nitrogens with zero attached hydrogens (tertiary/aromatic N) is 1. The Kier molecular flexibility index (Phi) is 7.89. The number of benzene rings is 11. The fraction of sp³-hybridized carbons (Fsp3) is 0. The van der Waals surface area contributed by atoms with Gasteiger partial charge in [-0.15, -0.1) is 0 Å². The van der Waals surface area contributed by atoms with E-state index in [2.05, 4.69) is 229 Å². The van der Waals surface area contributed by atoms with Crippen LogP contribution in [0.15, 0.2) is 229 Å². The highest BCUT2D eigenvalue weighted by Gasteiger charge is 2.23. The van der Waals surface area contributed by atoms with E-state index in [1.807, 2.05) is 0 Å². The van der Waals surface area contributed by atoms with Gasteiger partial charge in [0, 0.05) is 22.3 Å². The molecule has 0 radical (unpaired) electrons. The molecule has 0 atom stereocenters. The molecule has 0 unspecified atom stereocenters. The van der Waals surface area contributed by atoms with Crippen LogP contribution in [0.2, 0.25) is 0 Å². The molecule has 0 aliphatic rings. The van der Waals surface area contributed by atoms with E-state index in [-0.39, 0.29) is 0 Å². The third kappa shape index (κ3) is 5.50. The quantitative estimate of drug-likeness (QED) is 0.157. The standard InChI is InChI=1S/C58H37NO/c1-3-14-38(15-4-1)40-26-31-44(32-27-40)59(45-33-28-41(29-34-45)39-16-5-2-6-17-39)54-24-13-25-55-57(54)53-36-42-18-7-8-19-46(42)56(58(53)60-55)43-30-35-51-49-22-10-9-20-47(49)48-21-11-12-23-50(48)52(51)37-43/h1-37H. The van der Waals surface area contributed by atoms with E-state index in [0.29, 0.717) is 0 Å². The highest BCUT2D eigenvalue weighted by Crippen LogP contribution is 2.48. The third-order valence-corrected chi connectivity index (χ3v) is 12.2. The fourth-order valence-electron chi connectivity index (χ4n) is 9.44. The minimum absolute atomic E-state index is 0.850. The SMILES string of the molecule is c1ccc(-c2ccc(N(c3ccc(-c4ccccc4)cc3)c3cccc4oc5c(-c6ccc7c8ccccc8c8ccccc8c7c6)c6ccccc6cc5c34)cc2)cc1. The number of anilines is 3. The molecule has 0 aliphatic heterocycles. The van der Waals surface area contributed by atoms with Crippen LogP contribution in [-0.2, 0) is 0 Å². The smallest absolute Gasteiger partial charge is 0.143 e. The Labute approximate surface area is 347 Å². The molecule has 0 spiro atoms. The van der Waals surface area contributed by atoms with E-state index in [0.717, 1.165) is 50.1 Å². The van der Waals surface area contributed by atoms with Gasteiger partial charge in [0.1, 0.15) is 11.2 Å². The largest absolute Gasteiger partial charge is 0.455 e. The first-order valence-corrected chi connectivity index (χ1v) is 20.6. The number of hydrogen-bond acceptors (Lipinski definition) is 2. The van der Waals surface area contributed by atoms with Crippen LogP contribution < -0.4 is 4.90 Å². The zero-order chi connectivity index (χ0) is 39.6. The summed E-state index contributed by atoms with van der Waals surface area (Å²) in [6.07, 6.45) is 0. The zero-order valence-electron chi connectivity index (χ0n) is 32.7. The fourth-order valence-corrected chi connectivity index (χ4v) is 9.44. The lowest BCUT2D eigenvalue weighted by atomic mass is 9.90. The maximum Gasteiger partial charge on any atom is 0.143 e. The molecule has 280 valence electrons. The van der Waals surface area contributed by atoms with Crippen LogP contribution in [0.1, 0.15) is 0 Å². The first-order valence-electron chi connectivity index (χ1n) is 20.6. The van der Waals surface area contributed by atoms with Crippen molar-refractivity contribution >= 4 is 82.1 Å². The molecule has 0 amide bonds. The predicted octanol–water partition coefficient (Wildman–Crippen LogP) is 16.7. The highest BCUT2D eigenvalue weighted by molar-refractivity contribution is 6.27. The second-order valence-electron chi connectivity index (χ2n) is 15.6. The van der Waals surface area contributed by atoms with Gasteiger partial charge in [0.15, 0.2) is 0 Å². The molecule has 2 nitrogen and oxygen atoms in total. The van der Waals surface area contributed by atoms with Crippen LogP contribution >= 0.6 is 0 Å². The van der Waals surface area contributed by atoms with E-state index in [9.17, 15) is 0 Å². The Morgan fingerprint density at radius 1 is 0.300 bits per heavy atom. The molecule has 0 N–H and O–H groups in total. The molecule has 12 aromatic rings. The van der Waals surface area contributed by atoms with Crippen LogP contribution in [-0.4, -0.2) is 0 Å². The Hall–Kier alpha value is -7.94. The van der Waals surface area contributed by atoms with Gasteiger partial charge < -0.3 is 9.32 Å². The van der Waals surface area contributed by atoms with Gasteiger partial charge in [-0.1, -0.05) is 176 Å². The van der Waals surface area contributed by atoms with Crippen LogP contribution in [0.5, 0.6) is 0 Å². The summed E-state index contributed by atoms with van der Waals surface area (Å²) in [4.78, 5) is 2.38. The Morgan fingerprint density at radius 3 is 1.35 bits per heavy atom. The lowest BCUT2D eigenvalue weighted by Crippen LogP contribution is -2.10. The average Bonchev–Trinajstić information content (AvgIpc) is 3.70. The summed E-state index contributed by atoms with van der Waals surface area (Å²) in [5.74, 6) is 0. The first-order chi connectivity index (χ1) is 29.8. The van der Waals surface area contributed by atoms with Crippen molar-refractivity contribution in [3.05, 3.63) is 224 Å². The van der Waals surface area contributed by atoms with Crippen molar-refractivity contribution < 1.29 is 4.42 Å². The van der Waals surface area contributed by atoms with Gasteiger partial charge in [0.25, 0.3) is 0 Å². The first kappa shape index (κ1) is 34.1. The van der Waals surface area contributed by atoms with Crippen molar-refractivity contribution in [2.24, 2.45) is 0 Å². The molecule has 0 bridgehead atoms. The summed E-state index contributed by atoms with van der Waals surface area (Å²) in [5.41, 5.74) is 11.9. The summed E-state index contributed by atoms with van der Waals surface area (Å²) < 4.78 is 7.11. The van der Waals surface area contributed by atoms with E-state index in [4.69, 9.17) is 4.42 Å². The molecule has 11 aromatic carbocycles. The Balaban J connectivity index is 1.10. The summed E-state index contributed by atoms with van der Waals surface area (Å²) in [5, 5.41) is 12.1. The number of furan rings is 1. The summed E-state index contributed by atoms with van der Waals surface area (Å²) >= 11 is 0. The minimum atomic E-state index is 0.850. The number of fused-ring (bicyclic) bond motifs is 10. The average molecular weight is 764 g/mol.